The maximum absolute atomic E-state index is 11.9. The molecule has 8 heteroatoms. The molecule has 1 rings (SSSR count). The number of thiazole rings is 1. The maximum Gasteiger partial charge on any atom is 0.326 e. The Morgan fingerprint density at radius 3 is 2.60 bits per heavy atom. The molecule has 0 fully saturated rings. The molecule has 2 amide bonds. The minimum Gasteiger partial charge on any atom is -0.480 e. The van der Waals surface area contributed by atoms with Crippen molar-refractivity contribution in [3.05, 3.63) is 11.1 Å². The molecule has 0 radical (unpaired) electrons. The van der Waals surface area contributed by atoms with Crippen LogP contribution in [0, 0.1) is 5.92 Å². The minimum atomic E-state index is -1.08. The number of rotatable bonds is 6. The summed E-state index contributed by atoms with van der Waals surface area (Å²) in [4.78, 5) is 37.9. The second-order valence-electron chi connectivity index (χ2n) is 4.39. The average molecular weight is 299 g/mol. The number of carboxylic acid groups (broad SMARTS) is 1. The smallest absolute Gasteiger partial charge is 0.326 e. The van der Waals surface area contributed by atoms with Gasteiger partial charge in [0.2, 0.25) is 5.91 Å². The number of hydrogen-bond acceptors (Lipinski definition) is 5. The highest BCUT2D eigenvalue weighted by molar-refractivity contribution is 7.14. The van der Waals surface area contributed by atoms with Crippen molar-refractivity contribution in [2.75, 3.05) is 5.32 Å². The van der Waals surface area contributed by atoms with Gasteiger partial charge in [0.25, 0.3) is 5.91 Å². The Morgan fingerprint density at radius 2 is 2.10 bits per heavy atom. The second-order valence-corrected chi connectivity index (χ2v) is 5.25. The summed E-state index contributed by atoms with van der Waals surface area (Å²) in [6.45, 7) is 4.94. The lowest BCUT2D eigenvalue weighted by Gasteiger charge is -2.19. The van der Waals surface area contributed by atoms with E-state index in [0.29, 0.717) is 11.6 Å². The lowest BCUT2D eigenvalue weighted by Crippen LogP contribution is -2.45. The summed E-state index contributed by atoms with van der Waals surface area (Å²) < 4.78 is 0. The molecule has 1 aromatic rings. The summed E-state index contributed by atoms with van der Waals surface area (Å²) in [6, 6.07) is -0.960. The molecular weight excluding hydrogens is 282 g/mol. The zero-order valence-electron chi connectivity index (χ0n) is 11.5. The van der Waals surface area contributed by atoms with E-state index in [1.807, 2.05) is 6.92 Å². The molecule has 1 heterocycles. The summed E-state index contributed by atoms with van der Waals surface area (Å²) >= 11 is 1.10. The lowest BCUT2D eigenvalue weighted by molar-refractivity contribution is -0.140. The molecule has 0 aliphatic heterocycles. The van der Waals surface area contributed by atoms with Crippen LogP contribution in [0.15, 0.2) is 5.38 Å². The average Bonchev–Trinajstić information content (AvgIpc) is 2.82. The van der Waals surface area contributed by atoms with Crippen LogP contribution in [0.4, 0.5) is 5.13 Å². The van der Waals surface area contributed by atoms with Gasteiger partial charge in [-0.2, -0.15) is 0 Å². The summed E-state index contributed by atoms with van der Waals surface area (Å²) in [7, 11) is 0. The van der Waals surface area contributed by atoms with E-state index >= 15 is 0 Å². The first-order valence-corrected chi connectivity index (χ1v) is 6.99. The van der Waals surface area contributed by atoms with Crippen molar-refractivity contribution in [3.63, 3.8) is 0 Å². The minimum absolute atomic E-state index is 0.0910. The van der Waals surface area contributed by atoms with Crippen molar-refractivity contribution < 1.29 is 19.5 Å². The number of nitrogens with zero attached hydrogens (tertiary/aromatic N) is 1. The third kappa shape index (κ3) is 4.30. The molecule has 2 unspecified atom stereocenters. The quantitative estimate of drug-likeness (QED) is 0.734. The Bertz CT molecular complexity index is 515. The Labute approximate surface area is 120 Å². The van der Waals surface area contributed by atoms with Gasteiger partial charge in [-0.05, 0) is 5.92 Å². The molecule has 3 N–H and O–H groups in total. The predicted molar refractivity (Wildman–Crippen MR) is 74.8 cm³/mol. The van der Waals surface area contributed by atoms with E-state index in [4.69, 9.17) is 5.11 Å². The van der Waals surface area contributed by atoms with Gasteiger partial charge < -0.3 is 15.7 Å². The zero-order chi connectivity index (χ0) is 15.3. The first-order chi connectivity index (χ1) is 9.35. The molecule has 0 saturated heterocycles. The van der Waals surface area contributed by atoms with E-state index < -0.39 is 17.9 Å². The fourth-order valence-electron chi connectivity index (χ4n) is 1.48. The third-order valence-corrected chi connectivity index (χ3v) is 3.54. The van der Waals surface area contributed by atoms with E-state index in [0.717, 1.165) is 11.3 Å². The number of amides is 2. The lowest BCUT2D eigenvalue weighted by atomic mass is 9.99. The molecule has 110 valence electrons. The van der Waals surface area contributed by atoms with Crippen LogP contribution in [0.3, 0.4) is 0 Å². The highest BCUT2D eigenvalue weighted by Gasteiger charge is 2.26. The number of nitrogens with one attached hydrogen (secondary N) is 2. The molecule has 20 heavy (non-hydrogen) atoms. The van der Waals surface area contributed by atoms with Crippen LogP contribution < -0.4 is 10.6 Å². The molecule has 0 spiro atoms. The number of hydrogen-bond donors (Lipinski definition) is 3. The Kier molecular flexibility index (Phi) is 5.63. The number of anilines is 1. The zero-order valence-corrected chi connectivity index (χ0v) is 12.3. The van der Waals surface area contributed by atoms with Gasteiger partial charge in [0.1, 0.15) is 11.7 Å². The van der Waals surface area contributed by atoms with Gasteiger partial charge in [0, 0.05) is 12.3 Å². The third-order valence-electron chi connectivity index (χ3n) is 2.79. The molecule has 0 bridgehead atoms. The molecular formula is C12H17N3O4S. The molecule has 2 atom stereocenters. The highest BCUT2D eigenvalue weighted by Crippen LogP contribution is 2.16. The summed E-state index contributed by atoms with van der Waals surface area (Å²) in [5.74, 6) is -2.12. The molecule has 0 aromatic carbocycles. The molecule has 0 aliphatic carbocycles. The van der Waals surface area contributed by atoms with Crippen molar-refractivity contribution >= 4 is 34.3 Å². The van der Waals surface area contributed by atoms with E-state index in [2.05, 4.69) is 15.6 Å². The summed E-state index contributed by atoms with van der Waals surface area (Å²) in [5.41, 5.74) is 0.0910. The highest BCUT2D eigenvalue weighted by atomic mass is 32.1. The van der Waals surface area contributed by atoms with Crippen LogP contribution in [0.1, 0.15) is 37.7 Å². The van der Waals surface area contributed by atoms with Crippen molar-refractivity contribution in [3.8, 4) is 0 Å². The summed E-state index contributed by atoms with van der Waals surface area (Å²) in [5, 5.41) is 15.8. The molecule has 1 aromatic heterocycles. The first-order valence-electron chi connectivity index (χ1n) is 6.12. The van der Waals surface area contributed by atoms with Crippen LogP contribution in [0.2, 0.25) is 0 Å². The van der Waals surface area contributed by atoms with E-state index in [-0.39, 0.29) is 17.5 Å². The SMILES string of the molecule is CCC(C)C(NC(=O)c1csc(NC(C)=O)n1)C(=O)O. The van der Waals surface area contributed by atoms with Gasteiger partial charge >= 0.3 is 5.97 Å². The van der Waals surface area contributed by atoms with Crippen LogP contribution in [-0.4, -0.2) is 33.9 Å². The van der Waals surface area contributed by atoms with Crippen molar-refractivity contribution in [1.82, 2.24) is 10.3 Å². The fourth-order valence-corrected chi connectivity index (χ4v) is 2.22. The number of carbonyl (C=O) groups excluding carboxylic acids is 2. The first kappa shape index (κ1) is 16.1. The molecule has 0 aliphatic rings. The number of carbonyl (C=O) groups is 3. The van der Waals surface area contributed by atoms with Crippen molar-refractivity contribution in [1.29, 1.82) is 0 Å². The standard InChI is InChI=1S/C12H17N3O4S/c1-4-6(2)9(11(18)19)15-10(17)8-5-20-12(14-8)13-7(3)16/h5-6,9H,4H2,1-3H3,(H,15,17)(H,18,19)(H,13,14,16). The van der Waals surface area contributed by atoms with E-state index in [1.54, 1.807) is 6.92 Å². The van der Waals surface area contributed by atoms with Crippen LogP contribution in [0.25, 0.3) is 0 Å². The molecule has 0 saturated carbocycles. The van der Waals surface area contributed by atoms with Gasteiger partial charge in [-0.1, -0.05) is 20.3 Å². The fraction of sp³-hybridized carbons (Fsp3) is 0.500. The van der Waals surface area contributed by atoms with Crippen LogP contribution in [-0.2, 0) is 9.59 Å². The van der Waals surface area contributed by atoms with Gasteiger partial charge in [-0.15, -0.1) is 11.3 Å². The van der Waals surface area contributed by atoms with Gasteiger partial charge in [-0.3, -0.25) is 9.59 Å². The second kappa shape index (κ2) is 6.99. The number of aromatic nitrogens is 1. The monoisotopic (exact) mass is 299 g/mol. The normalized spacial score (nSPS) is 13.3. The van der Waals surface area contributed by atoms with Crippen molar-refractivity contribution in [2.45, 2.75) is 33.2 Å². The van der Waals surface area contributed by atoms with Gasteiger partial charge in [0.15, 0.2) is 5.13 Å². The van der Waals surface area contributed by atoms with E-state index in [1.165, 1.54) is 12.3 Å². The van der Waals surface area contributed by atoms with Crippen LogP contribution in [0.5, 0.6) is 0 Å². The molecule has 7 nitrogen and oxygen atoms in total. The number of carboxylic acids is 1. The van der Waals surface area contributed by atoms with Gasteiger partial charge in [0.05, 0.1) is 0 Å². The Morgan fingerprint density at radius 1 is 1.45 bits per heavy atom. The maximum atomic E-state index is 11.9. The topological polar surface area (TPSA) is 108 Å². The van der Waals surface area contributed by atoms with E-state index in [9.17, 15) is 14.4 Å². The Hall–Kier alpha value is -1.96. The van der Waals surface area contributed by atoms with Crippen molar-refractivity contribution in [2.24, 2.45) is 5.92 Å². The largest absolute Gasteiger partial charge is 0.480 e. The van der Waals surface area contributed by atoms with Crippen LogP contribution >= 0.6 is 11.3 Å². The summed E-state index contributed by atoms with van der Waals surface area (Å²) in [6.07, 6.45) is 0.630. The predicted octanol–water partition coefficient (Wildman–Crippen LogP) is 1.33. The van der Waals surface area contributed by atoms with Gasteiger partial charge in [-0.25, -0.2) is 9.78 Å². The Balaban J connectivity index is 2.76. The number of aliphatic carboxylic acids is 1.